The average molecular weight is 428 g/mol. The number of hydrogen-bond donors (Lipinski definition) is 2. The highest BCUT2D eigenvalue weighted by atomic mass is 19.4. The largest absolute Gasteiger partial charge is 0.490 e. The van der Waals surface area contributed by atoms with Crippen molar-refractivity contribution in [2.75, 3.05) is 6.61 Å². The van der Waals surface area contributed by atoms with Gasteiger partial charge in [-0.05, 0) is 92.4 Å². The lowest BCUT2D eigenvalue weighted by Gasteiger charge is -2.38. The van der Waals surface area contributed by atoms with E-state index in [4.69, 9.17) is 10.5 Å². The summed E-state index contributed by atoms with van der Waals surface area (Å²) < 4.78 is 47.5. The molecule has 0 aromatic heterocycles. The molecular formula is C24H36F3NO2. The van der Waals surface area contributed by atoms with Gasteiger partial charge in [0.05, 0.1) is 18.3 Å². The molecule has 3 rings (SSSR count). The molecule has 1 aromatic carbocycles. The van der Waals surface area contributed by atoms with Gasteiger partial charge in [-0.25, -0.2) is 0 Å². The first-order chi connectivity index (χ1) is 13.8. The standard InChI is InChI=1S/C24H36F3NO2/c1-22(2,3)17-7-9-19(10-8-17)30-21-13-15-5-6-18(23(4,28)14-29)11-16(15)12-20(21)24(25,26)27/h12-13,17-19,29H,5-11,14,28H2,1-4H3/t17?,18-,19?,23-/m0/s1. The predicted octanol–water partition coefficient (Wildman–Crippen LogP) is 5.50. The number of benzene rings is 1. The molecule has 1 aromatic rings. The van der Waals surface area contributed by atoms with E-state index in [2.05, 4.69) is 20.8 Å². The van der Waals surface area contributed by atoms with Crippen molar-refractivity contribution in [3.8, 4) is 5.75 Å². The van der Waals surface area contributed by atoms with Gasteiger partial charge in [-0.1, -0.05) is 20.8 Å². The minimum Gasteiger partial charge on any atom is -0.490 e. The Labute approximate surface area is 178 Å². The molecule has 2 aliphatic rings. The molecule has 0 unspecified atom stereocenters. The van der Waals surface area contributed by atoms with Crippen molar-refractivity contribution in [1.29, 1.82) is 0 Å². The van der Waals surface area contributed by atoms with Gasteiger partial charge in [-0.15, -0.1) is 0 Å². The van der Waals surface area contributed by atoms with Gasteiger partial charge in [0.2, 0.25) is 0 Å². The maximum absolute atomic E-state index is 13.8. The molecule has 170 valence electrons. The first-order valence-corrected chi connectivity index (χ1v) is 11.1. The van der Waals surface area contributed by atoms with Gasteiger partial charge in [-0.3, -0.25) is 0 Å². The van der Waals surface area contributed by atoms with Crippen LogP contribution in [0.4, 0.5) is 13.2 Å². The Morgan fingerprint density at radius 3 is 2.13 bits per heavy atom. The van der Waals surface area contributed by atoms with E-state index in [1.54, 1.807) is 13.0 Å². The van der Waals surface area contributed by atoms with Crippen LogP contribution in [0.2, 0.25) is 0 Å². The molecule has 0 spiro atoms. The van der Waals surface area contributed by atoms with Crippen LogP contribution in [0.3, 0.4) is 0 Å². The van der Waals surface area contributed by atoms with Crippen LogP contribution in [0.5, 0.6) is 5.75 Å². The van der Waals surface area contributed by atoms with E-state index in [1.165, 1.54) is 6.07 Å². The zero-order valence-corrected chi connectivity index (χ0v) is 18.6. The van der Waals surface area contributed by atoms with Crippen molar-refractivity contribution in [2.45, 2.75) is 90.5 Å². The number of aliphatic hydroxyl groups is 1. The Morgan fingerprint density at radius 2 is 1.60 bits per heavy atom. The quantitative estimate of drug-likeness (QED) is 0.667. The number of nitrogens with two attached hydrogens (primary N) is 1. The Bertz CT molecular complexity index is 744. The highest BCUT2D eigenvalue weighted by molar-refractivity contribution is 5.46. The Balaban J connectivity index is 1.81. The fraction of sp³-hybridized carbons (Fsp3) is 0.750. The van der Waals surface area contributed by atoms with Crippen molar-refractivity contribution >= 4 is 0 Å². The maximum atomic E-state index is 13.8. The maximum Gasteiger partial charge on any atom is 0.419 e. The van der Waals surface area contributed by atoms with Gasteiger partial charge in [-0.2, -0.15) is 13.2 Å². The van der Waals surface area contributed by atoms with Crippen molar-refractivity contribution < 1.29 is 23.0 Å². The number of halogens is 3. The van der Waals surface area contributed by atoms with Crippen LogP contribution in [0.1, 0.15) is 76.5 Å². The third-order valence-electron chi connectivity index (χ3n) is 7.30. The molecule has 0 bridgehead atoms. The van der Waals surface area contributed by atoms with E-state index in [1.807, 2.05) is 0 Å². The van der Waals surface area contributed by atoms with Crippen LogP contribution in [-0.2, 0) is 19.0 Å². The van der Waals surface area contributed by atoms with E-state index >= 15 is 0 Å². The Morgan fingerprint density at radius 1 is 0.967 bits per heavy atom. The molecular weight excluding hydrogens is 391 g/mol. The summed E-state index contributed by atoms with van der Waals surface area (Å²) in [6.07, 6.45) is 0.768. The van der Waals surface area contributed by atoms with Crippen LogP contribution in [0, 0.1) is 17.3 Å². The lowest BCUT2D eigenvalue weighted by atomic mass is 9.72. The number of aliphatic hydroxyl groups excluding tert-OH is 1. The fourth-order valence-corrected chi connectivity index (χ4v) is 5.02. The minimum absolute atomic E-state index is 0.0309. The smallest absolute Gasteiger partial charge is 0.419 e. The summed E-state index contributed by atoms with van der Waals surface area (Å²) in [6, 6.07) is 2.86. The second-order valence-corrected chi connectivity index (χ2v) is 10.7. The van der Waals surface area contributed by atoms with E-state index in [0.29, 0.717) is 24.3 Å². The molecule has 0 aliphatic heterocycles. The number of fused-ring (bicyclic) bond motifs is 1. The van der Waals surface area contributed by atoms with Crippen molar-refractivity contribution in [3.63, 3.8) is 0 Å². The predicted molar refractivity (Wildman–Crippen MR) is 112 cm³/mol. The number of aryl methyl sites for hydroxylation is 1. The van der Waals surface area contributed by atoms with Crippen molar-refractivity contribution in [1.82, 2.24) is 0 Å². The third-order valence-corrected chi connectivity index (χ3v) is 7.30. The highest BCUT2D eigenvalue weighted by Gasteiger charge is 2.39. The molecule has 6 heteroatoms. The zero-order chi connectivity index (χ0) is 22.3. The summed E-state index contributed by atoms with van der Waals surface area (Å²) in [5.41, 5.74) is 6.48. The van der Waals surface area contributed by atoms with Crippen LogP contribution in [0.25, 0.3) is 0 Å². The normalized spacial score (nSPS) is 27.3. The average Bonchev–Trinajstić information content (AvgIpc) is 2.66. The highest BCUT2D eigenvalue weighted by Crippen LogP contribution is 2.44. The molecule has 0 radical (unpaired) electrons. The summed E-state index contributed by atoms with van der Waals surface area (Å²) in [6.45, 7) is 8.25. The van der Waals surface area contributed by atoms with Crippen molar-refractivity contribution in [2.24, 2.45) is 23.0 Å². The molecule has 2 aliphatic carbocycles. The summed E-state index contributed by atoms with van der Waals surface area (Å²) >= 11 is 0. The zero-order valence-electron chi connectivity index (χ0n) is 18.6. The number of ether oxygens (including phenoxy) is 1. The van der Waals surface area contributed by atoms with E-state index in [9.17, 15) is 18.3 Å². The first kappa shape index (κ1) is 23.4. The third kappa shape index (κ3) is 5.13. The molecule has 3 N–H and O–H groups in total. The number of hydrogen-bond acceptors (Lipinski definition) is 3. The van der Waals surface area contributed by atoms with Gasteiger partial charge in [0.25, 0.3) is 0 Å². The molecule has 30 heavy (non-hydrogen) atoms. The summed E-state index contributed by atoms with van der Waals surface area (Å²) in [5.74, 6) is 0.504. The second kappa shape index (κ2) is 8.34. The van der Waals surface area contributed by atoms with Crippen LogP contribution >= 0.6 is 0 Å². The van der Waals surface area contributed by atoms with E-state index in [0.717, 1.165) is 37.7 Å². The molecule has 0 heterocycles. The lowest BCUT2D eigenvalue weighted by Crippen LogP contribution is -2.49. The van der Waals surface area contributed by atoms with Gasteiger partial charge in [0.15, 0.2) is 0 Å². The fourth-order valence-electron chi connectivity index (χ4n) is 5.02. The van der Waals surface area contributed by atoms with Gasteiger partial charge >= 0.3 is 6.18 Å². The molecule has 0 saturated heterocycles. The van der Waals surface area contributed by atoms with Crippen LogP contribution in [0.15, 0.2) is 12.1 Å². The van der Waals surface area contributed by atoms with Gasteiger partial charge in [0.1, 0.15) is 5.75 Å². The van der Waals surface area contributed by atoms with Gasteiger partial charge < -0.3 is 15.6 Å². The van der Waals surface area contributed by atoms with E-state index < -0.39 is 17.3 Å². The molecule has 0 amide bonds. The van der Waals surface area contributed by atoms with Gasteiger partial charge in [0, 0.05) is 5.54 Å². The molecule has 1 fully saturated rings. The molecule has 3 nitrogen and oxygen atoms in total. The topological polar surface area (TPSA) is 55.5 Å². The number of rotatable bonds is 4. The van der Waals surface area contributed by atoms with Crippen LogP contribution < -0.4 is 10.5 Å². The molecule has 2 atom stereocenters. The van der Waals surface area contributed by atoms with Crippen molar-refractivity contribution in [3.05, 3.63) is 28.8 Å². The SMILES string of the molecule is CC(C)(C)C1CCC(Oc2cc3c(cc2C(F)(F)F)C[C@@H]([C@@](C)(N)CO)CC3)CC1. The summed E-state index contributed by atoms with van der Waals surface area (Å²) in [4.78, 5) is 0. The van der Waals surface area contributed by atoms with E-state index in [-0.39, 0.29) is 29.8 Å². The van der Waals surface area contributed by atoms with Crippen LogP contribution in [-0.4, -0.2) is 23.4 Å². The molecule has 1 saturated carbocycles. The second-order valence-electron chi connectivity index (χ2n) is 10.7. The Kier molecular flexibility index (Phi) is 6.51. The first-order valence-electron chi connectivity index (χ1n) is 11.1. The lowest BCUT2D eigenvalue weighted by molar-refractivity contribution is -0.139. The summed E-state index contributed by atoms with van der Waals surface area (Å²) in [7, 11) is 0. The minimum atomic E-state index is -4.47. The summed E-state index contributed by atoms with van der Waals surface area (Å²) in [5, 5.41) is 9.55. The monoisotopic (exact) mass is 427 g/mol. The Hall–Kier alpha value is -1.27. The number of alkyl halides is 3.